The van der Waals surface area contributed by atoms with Crippen molar-refractivity contribution >= 4 is 41.3 Å². The second-order valence-electron chi connectivity index (χ2n) is 6.41. The minimum atomic E-state index is -0.363. The molecule has 0 bridgehead atoms. The van der Waals surface area contributed by atoms with Gasteiger partial charge < -0.3 is 15.0 Å². The minimum absolute atomic E-state index is 0. The summed E-state index contributed by atoms with van der Waals surface area (Å²) in [7, 11) is 1.68. The molecule has 2 saturated heterocycles. The molecule has 5 nitrogen and oxygen atoms in total. The number of carbonyl (C=O) groups excluding carboxylic acids is 1. The average molecular weight is 394 g/mol. The van der Waals surface area contributed by atoms with E-state index in [4.69, 9.17) is 16.3 Å². The van der Waals surface area contributed by atoms with Gasteiger partial charge in [-0.1, -0.05) is 11.6 Å². The lowest BCUT2D eigenvalue weighted by Crippen LogP contribution is -2.54. The fourth-order valence-electron chi connectivity index (χ4n) is 3.49. The molecule has 1 N–H and O–H groups in total. The van der Waals surface area contributed by atoms with Crippen LogP contribution in [0, 0.1) is 5.41 Å². The van der Waals surface area contributed by atoms with Gasteiger partial charge in [0.1, 0.15) is 0 Å². The number of halogens is 2. The Morgan fingerprint density at radius 2 is 2.12 bits per heavy atom. The first-order chi connectivity index (χ1) is 11.1. The number of amides is 1. The summed E-state index contributed by atoms with van der Waals surface area (Å²) in [5.41, 5.74) is -0.363. The normalized spacial score (nSPS) is 24.8. The van der Waals surface area contributed by atoms with E-state index >= 15 is 0 Å². The van der Waals surface area contributed by atoms with Crippen LogP contribution in [-0.2, 0) is 16.1 Å². The van der Waals surface area contributed by atoms with E-state index in [0.29, 0.717) is 6.61 Å². The number of piperazine rings is 1. The topological polar surface area (TPSA) is 44.8 Å². The molecule has 2 fully saturated rings. The van der Waals surface area contributed by atoms with E-state index in [2.05, 4.69) is 16.3 Å². The van der Waals surface area contributed by atoms with Crippen molar-refractivity contribution < 1.29 is 9.53 Å². The Morgan fingerprint density at radius 3 is 2.67 bits per heavy atom. The maximum atomic E-state index is 13.0. The zero-order valence-corrected chi connectivity index (χ0v) is 16.3. The van der Waals surface area contributed by atoms with Crippen molar-refractivity contribution in [3.05, 3.63) is 21.3 Å². The monoisotopic (exact) mass is 393 g/mol. The molecule has 8 heteroatoms. The van der Waals surface area contributed by atoms with E-state index in [9.17, 15) is 4.79 Å². The molecular formula is C16H25Cl2N3O2S. The van der Waals surface area contributed by atoms with Crippen molar-refractivity contribution in [1.29, 1.82) is 0 Å². The molecule has 0 spiro atoms. The Balaban J connectivity index is 0.00000208. The summed E-state index contributed by atoms with van der Waals surface area (Å²) in [6.45, 7) is 6.47. The van der Waals surface area contributed by atoms with Gasteiger partial charge in [0.15, 0.2) is 0 Å². The molecule has 3 heterocycles. The molecule has 24 heavy (non-hydrogen) atoms. The van der Waals surface area contributed by atoms with Crippen LogP contribution in [0.3, 0.4) is 0 Å². The quantitative estimate of drug-likeness (QED) is 0.831. The predicted molar refractivity (Wildman–Crippen MR) is 100 cm³/mol. The molecule has 1 unspecified atom stereocenters. The Hall–Kier alpha value is -0.370. The lowest BCUT2D eigenvalue weighted by molar-refractivity contribution is -0.146. The van der Waals surface area contributed by atoms with Crippen LogP contribution in [0.15, 0.2) is 12.1 Å². The fourth-order valence-corrected chi connectivity index (χ4v) is 4.62. The first kappa shape index (κ1) is 19.9. The number of ether oxygens (including phenoxy) is 1. The molecule has 2 aliphatic heterocycles. The second-order valence-corrected chi connectivity index (χ2v) is 8.21. The van der Waals surface area contributed by atoms with Crippen molar-refractivity contribution in [2.75, 3.05) is 53.0 Å². The van der Waals surface area contributed by atoms with Gasteiger partial charge in [-0.05, 0) is 25.1 Å². The van der Waals surface area contributed by atoms with Gasteiger partial charge in [0.2, 0.25) is 5.91 Å². The Kier molecular flexibility index (Phi) is 7.34. The molecule has 0 saturated carbocycles. The number of rotatable bonds is 5. The molecule has 2 aliphatic rings. The summed E-state index contributed by atoms with van der Waals surface area (Å²) in [4.78, 5) is 18.6. The maximum Gasteiger partial charge on any atom is 0.232 e. The van der Waals surface area contributed by atoms with Crippen LogP contribution >= 0.6 is 35.3 Å². The van der Waals surface area contributed by atoms with E-state index in [1.54, 1.807) is 18.4 Å². The summed E-state index contributed by atoms with van der Waals surface area (Å²) in [6, 6.07) is 4.03. The Labute approximate surface area is 158 Å². The summed E-state index contributed by atoms with van der Waals surface area (Å²) in [5, 5.41) is 3.31. The Bertz CT molecular complexity index is 541. The molecular weight excluding hydrogens is 369 g/mol. The number of hydrogen-bond donors (Lipinski definition) is 1. The molecule has 1 aromatic rings. The van der Waals surface area contributed by atoms with Gasteiger partial charge in [-0.15, -0.1) is 23.7 Å². The fraction of sp³-hybridized carbons (Fsp3) is 0.688. The first-order valence-electron chi connectivity index (χ1n) is 8.09. The van der Waals surface area contributed by atoms with Crippen LogP contribution in [0.4, 0.5) is 0 Å². The van der Waals surface area contributed by atoms with Crippen LogP contribution in [-0.4, -0.2) is 68.7 Å². The third kappa shape index (κ3) is 4.42. The van der Waals surface area contributed by atoms with Gasteiger partial charge in [0, 0.05) is 51.3 Å². The third-order valence-corrected chi connectivity index (χ3v) is 6.00. The summed E-state index contributed by atoms with van der Waals surface area (Å²) in [5.74, 6) is 0.253. The molecule has 0 aliphatic carbocycles. The maximum absolute atomic E-state index is 13.0. The molecule has 3 rings (SSSR count). The highest BCUT2D eigenvalue weighted by atomic mass is 35.5. The van der Waals surface area contributed by atoms with Crippen molar-refractivity contribution in [1.82, 2.24) is 15.1 Å². The van der Waals surface area contributed by atoms with Crippen LogP contribution in [0.1, 0.15) is 11.3 Å². The predicted octanol–water partition coefficient (Wildman–Crippen LogP) is 2.09. The number of thiophene rings is 1. The highest BCUT2D eigenvalue weighted by Gasteiger charge is 2.44. The molecule has 136 valence electrons. The largest absolute Gasteiger partial charge is 0.384 e. The number of methoxy groups -OCH3 is 1. The van der Waals surface area contributed by atoms with Gasteiger partial charge in [-0.3, -0.25) is 9.69 Å². The third-order valence-electron chi connectivity index (χ3n) is 4.79. The molecule has 0 radical (unpaired) electrons. The number of hydrogen-bond acceptors (Lipinski definition) is 5. The molecule has 1 amide bonds. The second kappa shape index (κ2) is 8.83. The van der Waals surface area contributed by atoms with Crippen molar-refractivity contribution in [2.45, 2.75) is 13.0 Å². The summed E-state index contributed by atoms with van der Waals surface area (Å²) >= 11 is 7.62. The van der Waals surface area contributed by atoms with Crippen LogP contribution in [0.5, 0.6) is 0 Å². The number of nitrogens with one attached hydrogen (secondary N) is 1. The van der Waals surface area contributed by atoms with Crippen molar-refractivity contribution in [3.8, 4) is 0 Å². The highest BCUT2D eigenvalue weighted by molar-refractivity contribution is 7.16. The van der Waals surface area contributed by atoms with Crippen LogP contribution in [0.25, 0.3) is 0 Å². The highest BCUT2D eigenvalue weighted by Crippen LogP contribution is 2.29. The molecule has 1 aromatic heterocycles. The van der Waals surface area contributed by atoms with E-state index in [1.807, 2.05) is 11.0 Å². The zero-order valence-electron chi connectivity index (χ0n) is 13.9. The van der Waals surface area contributed by atoms with Crippen LogP contribution in [0.2, 0.25) is 4.34 Å². The van der Waals surface area contributed by atoms with Crippen molar-refractivity contribution in [2.24, 2.45) is 5.41 Å². The smallest absolute Gasteiger partial charge is 0.232 e. The van der Waals surface area contributed by atoms with Crippen LogP contribution < -0.4 is 5.32 Å². The van der Waals surface area contributed by atoms with Crippen molar-refractivity contribution in [3.63, 3.8) is 0 Å². The SMILES string of the molecule is COCC1(C(=O)N2CCN(Cc3ccc(Cl)s3)CC2)CCNC1.Cl. The number of carbonyl (C=O) groups is 1. The summed E-state index contributed by atoms with van der Waals surface area (Å²) < 4.78 is 6.17. The van der Waals surface area contributed by atoms with Gasteiger partial charge in [-0.25, -0.2) is 0 Å². The van der Waals surface area contributed by atoms with Gasteiger partial charge >= 0.3 is 0 Å². The van der Waals surface area contributed by atoms with Gasteiger partial charge in [0.25, 0.3) is 0 Å². The van der Waals surface area contributed by atoms with Gasteiger partial charge in [0.05, 0.1) is 16.4 Å². The Morgan fingerprint density at radius 1 is 1.38 bits per heavy atom. The standard InChI is InChI=1S/C16H24ClN3O2S.ClH/c1-22-12-16(4-5-18-11-16)15(21)20-8-6-19(7-9-20)10-13-2-3-14(17)23-13;/h2-3,18H,4-12H2,1H3;1H. The van der Waals surface area contributed by atoms with E-state index in [1.165, 1.54) is 4.88 Å². The van der Waals surface area contributed by atoms with E-state index < -0.39 is 0 Å². The first-order valence-corrected chi connectivity index (χ1v) is 9.28. The molecule has 0 aromatic carbocycles. The summed E-state index contributed by atoms with van der Waals surface area (Å²) in [6.07, 6.45) is 0.869. The molecule has 1 atom stereocenters. The zero-order chi connectivity index (χ0) is 16.3. The lowest BCUT2D eigenvalue weighted by Gasteiger charge is -2.39. The minimum Gasteiger partial charge on any atom is -0.384 e. The van der Waals surface area contributed by atoms with E-state index in [0.717, 1.165) is 56.6 Å². The van der Waals surface area contributed by atoms with Gasteiger partial charge in [-0.2, -0.15) is 0 Å². The number of nitrogens with zero attached hydrogens (tertiary/aromatic N) is 2. The lowest BCUT2D eigenvalue weighted by atomic mass is 9.86. The average Bonchev–Trinajstić information content (AvgIpc) is 3.18. The van der Waals surface area contributed by atoms with E-state index in [-0.39, 0.29) is 23.7 Å².